The second-order valence-electron chi connectivity index (χ2n) is 2.72. The van der Waals surface area contributed by atoms with Gasteiger partial charge in [0.2, 0.25) is 11.0 Å². The Morgan fingerprint density at radius 3 is 2.69 bits per heavy atom. The summed E-state index contributed by atoms with van der Waals surface area (Å²) in [7, 11) is 1.51. The van der Waals surface area contributed by atoms with Crippen LogP contribution in [-0.2, 0) is 4.79 Å². The fourth-order valence-electron chi connectivity index (χ4n) is 0.593. The predicted octanol–water partition coefficient (Wildman–Crippen LogP) is 1.14. The molecule has 0 saturated carbocycles. The predicted molar refractivity (Wildman–Crippen MR) is 49.9 cm³/mol. The SMILES string of the molecule is COc1nnc(NC(=O)C(C)C)s1. The number of rotatable bonds is 3. The molecule has 0 radical (unpaired) electrons. The number of nitrogens with one attached hydrogen (secondary N) is 1. The molecule has 13 heavy (non-hydrogen) atoms. The molecule has 0 unspecified atom stereocenters. The Morgan fingerprint density at radius 1 is 1.54 bits per heavy atom. The Morgan fingerprint density at radius 2 is 2.23 bits per heavy atom. The number of aromatic nitrogens is 2. The van der Waals surface area contributed by atoms with Gasteiger partial charge in [0.1, 0.15) is 0 Å². The molecule has 0 aliphatic rings. The summed E-state index contributed by atoms with van der Waals surface area (Å²) in [4.78, 5) is 11.2. The highest BCUT2D eigenvalue weighted by atomic mass is 32.1. The van der Waals surface area contributed by atoms with E-state index >= 15 is 0 Å². The van der Waals surface area contributed by atoms with E-state index in [-0.39, 0.29) is 11.8 Å². The smallest absolute Gasteiger partial charge is 0.295 e. The first-order valence-corrected chi connectivity index (χ1v) is 4.63. The average molecular weight is 201 g/mol. The lowest BCUT2D eigenvalue weighted by Crippen LogP contribution is -2.17. The molecule has 1 rings (SSSR count). The zero-order chi connectivity index (χ0) is 9.84. The van der Waals surface area contributed by atoms with Crippen molar-refractivity contribution in [2.45, 2.75) is 13.8 Å². The first kappa shape index (κ1) is 9.91. The molecule has 0 aromatic carbocycles. The molecule has 0 bridgehead atoms. The van der Waals surface area contributed by atoms with Crippen molar-refractivity contribution in [3.05, 3.63) is 0 Å². The molecule has 1 amide bonds. The molecule has 0 spiro atoms. The van der Waals surface area contributed by atoms with Gasteiger partial charge in [-0.2, -0.15) is 0 Å². The summed E-state index contributed by atoms with van der Waals surface area (Å²) < 4.78 is 4.83. The standard InChI is InChI=1S/C7H11N3O2S/c1-4(2)5(11)8-6-9-10-7(12-3)13-6/h4H,1-3H3,(H,8,9,11). The third-order valence-electron chi connectivity index (χ3n) is 1.34. The van der Waals surface area contributed by atoms with Crippen LogP contribution in [0.2, 0.25) is 0 Å². The van der Waals surface area contributed by atoms with E-state index < -0.39 is 0 Å². The van der Waals surface area contributed by atoms with Crippen LogP contribution in [-0.4, -0.2) is 23.2 Å². The van der Waals surface area contributed by atoms with Gasteiger partial charge >= 0.3 is 0 Å². The Kier molecular flexibility index (Phi) is 3.18. The highest BCUT2D eigenvalue weighted by molar-refractivity contribution is 7.17. The fourth-order valence-corrected chi connectivity index (χ4v) is 1.16. The molecule has 1 aromatic rings. The van der Waals surface area contributed by atoms with Gasteiger partial charge in [0.15, 0.2) is 0 Å². The Hall–Kier alpha value is -1.17. The quantitative estimate of drug-likeness (QED) is 0.796. The van der Waals surface area contributed by atoms with Crippen LogP contribution in [0.3, 0.4) is 0 Å². The number of methoxy groups -OCH3 is 1. The van der Waals surface area contributed by atoms with E-state index in [2.05, 4.69) is 15.5 Å². The summed E-state index contributed by atoms with van der Waals surface area (Å²) in [5, 5.41) is 10.9. The Balaban J connectivity index is 2.59. The normalized spacial score (nSPS) is 10.2. The maximum Gasteiger partial charge on any atom is 0.295 e. The molecule has 1 N–H and O–H groups in total. The van der Waals surface area contributed by atoms with Crippen molar-refractivity contribution in [2.75, 3.05) is 12.4 Å². The maximum absolute atomic E-state index is 11.2. The average Bonchev–Trinajstić information content (AvgIpc) is 2.52. The van der Waals surface area contributed by atoms with Crippen LogP contribution >= 0.6 is 11.3 Å². The van der Waals surface area contributed by atoms with Crippen LogP contribution in [0.4, 0.5) is 5.13 Å². The zero-order valence-electron chi connectivity index (χ0n) is 7.70. The molecule has 6 heteroatoms. The van der Waals surface area contributed by atoms with Gasteiger partial charge in [-0.1, -0.05) is 18.9 Å². The minimum atomic E-state index is -0.0706. The highest BCUT2D eigenvalue weighted by Gasteiger charge is 2.10. The van der Waals surface area contributed by atoms with Gasteiger partial charge in [0, 0.05) is 5.92 Å². The molecule has 0 aliphatic heterocycles. The second-order valence-corrected chi connectivity index (χ2v) is 3.66. The van der Waals surface area contributed by atoms with Crippen molar-refractivity contribution >= 4 is 22.4 Å². The van der Waals surface area contributed by atoms with Gasteiger partial charge in [0.25, 0.3) is 5.19 Å². The summed E-state index contributed by atoms with van der Waals surface area (Å²) in [6, 6.07) is 0. The Bertz CT molecular complexity index is 298. The summed E-state index contributed by atoms with van der Waals surface area (Å²) in [6.07, 6.45) is 0. The largest absolute Gasteiger partial charge is 0.472 e. The minimum absolute atomic E-state index is 0.0603. The zero-order valence-corrected chi connectivity index (χ0v) is 8.51. The number of amides is 1. The van der Waals surface area contributed by atoms with Crippen molar-refractivity contribution in [1.82, 2.24) is 10.2 Å². The van der Waals surface area contributed by atoms with E-state index in [4.69, 9.17) is 4.74 Å². The molecule has 0 fully saturated rings. The molecule has 72 valence electrons. The van der Waals surface area contributed by atoms with E-state index in [9.17, 15) is 4.79 Å². The third-order valence-corrected chi connectivity index (χ3v) is 2.14. The first-order valence-electron chi connectivity index (χ1n) is 3.82. The van der Waals surface area contributed by atoms with E-state index in [0.717, 1.165) is 0 Å². The minimum Gasteiger partial charge on any atom is -0.472 e. The van der Waals surface area contributed by atoms with Crippen LogP contribution in [0.1, 0.15) is 13.8 Å². The third kappa shape index (κ3) is 2.66. The summed E-state index contributed by atoms with van der Waals surface area (Å²) >= 11 is 1.20. The number of hydrogen-bond donors (Lipinski definition) is 1. The molecule has 1 aromatic heterocycles. The monoisotopic (exact) mass is 201 g/mol. The van der Waals surface area contributed by atoms with Crippen LogP contribution in [0.5, 0.6) is 5.19 Å². The number of ether oxygens (including phenoxy) is 1. The number of carbonyl (C=O) groups is 1. The lowest BCUT2D eigenvalue weighted by atomic mass is 10.2. The van der Waals surface area contributed by atoms with Crippen molar-refractivity contribution in [1.29, 1.82) is 0 Å². The molecule has 1 heterocycles. The molecular weight excluding hydrogens is 190 g/mol. The number of anilines is 1. The van der Waals surface area contributed by atoms with Crippen LogP contribution < -0.4 is 10.1 Å². The molecule has 0 aliphatic carbocycles. The second kappa shape index (κ2) is 4.18. The van der Waals surface area contributed by atoms with Gasteiger partial charge in [0.05, 0.1) is 7.11 Å². The van der Waals surface area contributed by atoms with Gasteiger partial charge in [-0.25, -0.2) is 0 Å². The van der Waals surface area contributed by atoms with Crippen LogP contribution in [0.15, 0.2) is 0 Å². The summed E-state index contributed by atoms with van der Waals surface area (Å²) in [6.45, 7) is 3.63. The van der Waals surface area contributed by atoms with Crippen LogP contribution in [0.25, 0.3) is 0 Å². The van der Waals surface area contributed by atoms with E-state index in [1.54, 1.807) is 0 Å². The highest BCUT2D eigenvalue weighted by Crippen LogP contribution is 2.21. The maximum atomic E-state index is 11.2. The summed E-state index contributed by atoms with van der Waals surface area (Å²) in [5.41, 5.74) is 0. The topological polar surface area (TPSA) is 64.1 Å². The van der Waals surface area contributed by atoms with E-state index in [0.29, 0.717) is 10.3 Å². The molecule has 0 atom stereocenters. The van der Waals surface area contributed by atoms with Gasteiger partial charge < -0.3 is 10.1 Å². The summed E-state index contributed by atoms with van der Waals surface area (Å²) in [5.74, 6) is -0.131. The van der Waals surface area contributed by atoms with E-state index in [1.807, 2.05) is 13.8 Å². The van der Waals surface area contributed by atoms with Gasteiger partial charge in [-0.3, -0.25) is 4.79 Å². The first-order chi connectivity index (χ1) is 6.13. The van der Waals surface area contributed by atoms with Crippen LogP contribution in [0, 0.1) is 5.92 Å². The number of nitrogens with zero attached hydrogens (tertiary/aromatic N) is 2. The Labute approximate surface area is 80.1 Å². The van der Waals surface area contributed by atoms with Gasteiger partial charge in [-0.05, 0) is 11.3 Å². The van der Waals surface area contributed by atoms with Gasteiger partial charge in [-0.15, -0.1) is 5.10 Å². The fraction of sp³-hybridized carbons (Fsp3) is 0.571. The van der Waals surface area contributed by atoms with E-state index in [1.165, 1.54) is 18.4 Å². The number of hydrogen-bond acceptors (Lipinski definition) is 5. The lowest BCUT2D eigenvalue weighted by Gasteiger charge is -2.01. The van der Waals surface area contributed by atoms with Crippen molar-refractivity contribution in [2.24, 2.45) is 5.92 Å². The molecular formula is C7H11N3O2S. The lowest BCUT2D eigenvalue weighted by molar-refractivity contribution is -0.118. The molecule has 0 saturated heterocycles. The van der Waals surface area contributed by atoms with Crippen molar-refractivity contribution in [3.63, 3.8) is 0 Å². The molecule has 5 nitrogen and oxygen atoms in total. The number of carbonyl (C=O) groups excluding carboxylic acids is 1. The van der Waals surface area contributed by atoms with Crippen molar-refractivity contribution in [3.8, 4) is 5.19 Å². The van der Waals surface area contributed by atoms with Crippen molar-refractivity contribution < 1.29 is 9.53 Å².